The quantitative estimate of drug-likeness (QED) is 0.715. The van der Waals surface area contributed by atoms with Crippen LogP contribution in [0.4, 0.5) is 10.5 Å². The normalized spacial score (nSPS) is 32.5. The third-order valence-electron chi connectivity index (χ3n) is 7.71. The minimum absolute atomic E-state index is 0.0153. The van der Waals surface area contributed by atoms with Gasteiger partial charge in [-0.1, -0.05) is 18.1 Å². The molecule has 0 spiro atoms. The molecule has 30 heavy (non-hydrogen) atoms. The molecule has 2 bridgehead atoms. The summed E-state index contributed by atoms with van der Waals surface area (Å²) in [6.07, 6.45) is 10.1. The number of hydrogen-bond donors (Lipinski definition) is 1. The second-order valence-corrected chi connectivity index (χ2v) is 9.49. The zero-order chi connectivity index (χ0) is 20.1. The summed E-state index contributed by atoms with van der Waals surface area (Å²) in [6, 6.07) is 6.68. The molecule has 2 amide bonds. The van der Waals surface area contributed by atoms with E-state index in [1.54, 1.807) is 0 Å². The maximum absolute atomic E-state index is 13.3. The van der Waals surface area contributed by atoms with Gasteiger partial charge in [0.2, 0.25) is 0 Å². The summed E-state index contributed by atoms with van der Waals surface area (Å²) in [7, 11) is 0. The van der Waals surface area contributed by atoms with Crippen LogP contribution in [0.25, 0.3) is 0 Å². The highest BCUT2D eigenvalue weighted by atomic mass is 16.6. The molecule has 4 atom stereocenters. The first kappa shape index (κ1) is 18.6. The van der Waals surface area contributed by atoms with Gasteiger partial charge in [-0.05, 0) is 62.6 Å². The summed E-state index contributed by atoms with van der Waals surface area (Å²) < 4.78 is 11.3. The molecule has 6 rings (SSSR count). The van der Waals surface area contributed by atoms with Gasteiger partial charge in [0, 0.05) is 30.9 Å². The highest BCUT2D eigenvalue weighted by Gasteiger charge is 2.46. The molecule has 6 nitrogen and oxygen atoms in total. The molecule has 1 aromatic rings. The summed E-state index contributed by atoms with van der Waals surface area (Å²) in [5.74, 6) is 2.72. The first-order valence-corrected chi connectivity index (χ1v) is 11.7. The van der Waals surface area contributed by atoms with Crippen LogP contribution in [0.5, 0.6) is 11.5 Å². The van der Waals surface area contributed by atoms with Crippen molar-refractivity contribution in [3.05, 3.63) is 29.8 Å². The first-order valence-electron chi connectivity index (χ1n) is 11.7. The van der Waals surface area contributed by atoms with Crippen molar-refractivity contribution in [3.63, 3.8) is 0 Å². The fourth-order valence-electron chi connectivity index (χ4n) is 6.52. The number of ether oxygens (including phenoxy) is 2. The average Bonchev–Trinajstić information content (AvgIpc) is 2.78. The van der Waals surface area contributed by atoms with Gasteiger partial charge in [-0.25, -0.2) is 4.79 Å². The maximum atomic E-state index is 13.3. The van der Waals surface area contributed by atoms with Crippen molar-refractivity contribution in [1.29, 1.82) is 0 Å². The summed E-state index contributed by atoms with van der Waals surface area (Å²) in [6.45, 7) is 4.34. The fourth-order valence-corrected chi connectivity index (χ4v) is 6.52. The number of nitrogens with one attached hydrogen (secondary N) is 1. The largest absolute Gasteiger partial charge is 0.486 e. The number of fused-ring (bicyclic) bond motifs is 7. The number of amides is 2. The zero-order valence-corrected chi connectivity index (χ0v) is 17.5. The van der Waals surface area contributed by atoms with Gasteiger partial charge in [0.15, 0.2) is 11.5 Å². The van der Waals surface area contributed by atoms with E-state index in [-0.39, 0.29) is 12.1 Å². The van der Waals surface area contributed by atoms with Gasteiger partial charge in [0.1, 0.15) is 13.2 Å². The highest BCUT2D eigenvalue weighted by molar-refractivity contribution is 5.90. The summed E-state index contributed by atoms with van der Waals surface area (Å²) in [4.78, 5) is 18.2. The maximum Gasteiger partial charge on any atom is 0.322 e. The Morgan fingerprint density at radius 2 is 1.97 bits per heavy atom. The zero-order valence-electron chi connectivity index (χ0n) is 17.5. The Balaban J connectivity index is 1.23. The lowest BCUT2D eigenvalue weighted by Gasteiger charge is -2.54. The first-order chi connectivity index (χ1) is 14.8. The molecule has 5 aliphatic rings. The van der Waals surface area contributed by atoms with E-state index < -0.39 is 0 Å². The lowest BCUT2D eigenvalue weighted by molar-refractivity contribution is 0.00908. The number of nitrogens with zero attached hydrogens (tertiary/aromatic N) is 2. The SMILES string of the molecule is O=C(Nc1ccc2c(c1)OCCO2)N1CCCC2=CC3C[C@@H](CN4CCCCC34)C21. The van der Waals surface area contributed by atoms with Crippen LogP contribution in [0.1, 0.15) is 38.5 Å². The molecule has 0 aromatic heterocycles. The van der Waals surface area contributed by atoms with E-state index in [1.807, 2.05) is 18.2 Å². The van der Waals surface area contributed by atoms with Crippen LogP contribution in [0.2, 0.25) is 0 Å². The van der Waals surface area contributed by atoms with Gasteiger partial charge in [0.05, 0.1) is 6.04 Å². The van der Waals surface area contributed by atoms with E-state index in [9.17, 15) is 4.79 Å². The summed E-state index contributed by atoms with van der Waals surface area (Å²) in [5, 5.41) is 3.14. The molecule has 1 N–H and O–H groups in total. The highest BCUT2D eigenvalue weighted by Crippen LogP contribution is 2.45. The number of carbonyl (C=O) groups is 1. The fraction of sp³-hybridized carbons (Fsp3) is 0.625. The van der Waals surface area contributed by atoms with E-state index in [1.165, 1.54) is 37.8 Å². The van der Waals surface area contributed by atoms with E-state index in [4.69, 9.17) is 9.47 Å². The molecular weight excluding hydrogens is 378 g/mol. The molecule has 4 heterocycles. The Kier molecular flexibility index (Phi) is 4.63. The standard InChI is InChI=1S/C24H31N3O3/c28-24(25-19-6-7-21-22(14-19)30-11-10-29-21)27-9-3-4-16-12-17-13-18(23(16)27)15-26-8-2-1-5-20(17)26/h6-7,12,14,17-18,20,23H,1-5,8-11,13,15H2,(H,25,28)/t17?,18-,20?,23?/m0/s1. The van der Waals surface area contributed by atoms with Crippen molar-refractivity contribution >= 4 is 11.7 Å². The summed E-state index contributed by atoms with van der Waals surface area (Å²) in [5.41, 5.74) is 2.29. The van der Waals surface area contributed by atoms with E-state index in [2.05, 4.69) is 21.2 Å². The third kappa shape index (κ3) is 3.16. The van der Waals surface area contributed by atoms with Gasteiger partial charge in [0.25, 0.3) is 0 Å². The van der Waals surface area contributed by atoms with Crippen molar-refractivity contribution in [2.24, 2.45) is 11.8 Å². The Morgan fingerprint density at radius 3 is 2.90 bits per heavy atom. The van der Waals surface area contributed by atoms with Gasteiger partial charge in [-0.15, -0.1) is 0 Å². The molecule has 4 aliphatic heterocycles. The number of anilines is 1. The van der Waals surface area contributed by atoms with Crippen molar-refractivity contribution in [2.45, 2.75) is 50.6 Å². The molecular formula is C24H31N3O3. The van der Waals surface area contributed by atoms with Gasteiger partial charge in [-0.3, -0.25) is 4.90 Å². The Bertz CT molecular complexity index is 869. The monoisotopic (exact) mass is 409 g/mol. The van der Waals surface area contributed by atoms with Crippen LogP contribution in [0.3, 0.4) is 0 Å². The van der Waals surface area contributed by atoms with Crippen molar-refractivity contribution in [3.8, 4) is 11.5 Å². The van der Waals surface area contributed by atoms with Crippen LogP contribution in [0.15, 0.2) is 29.8 Å². The Morgan fingerprint density at radius 1 is 1.07 bits per heavy atom. The second kappa shape index (κ2) is 7.49. The van der Waals surface area contributed by atoms with Crippen molar-refractivity contribution in [2.75, 3.05) is 38.2 Å². The van der Waals surface area contributed by atoms with Crippen LogP contribution in [0, 0.1) is 11.8 Å². The smallest absolute Gasteiger partial charge is 0.322 e. The topological polar surface area (TPSA) is 54.0 Å². The number of urea groups is 1. The van der Waals surface area contributed by atoms with Crippen molar-refractivity contribution < 1.29 is 14.3 Å². The number of benzene rings is 1. The predicted octanol–water partition coefficient (Wildman–Crippen LogP) is 3.88. The van der Waals surface area contributed by atoms with E-state index in [0.29, 0.717) is 30.8 Å². The molecule has 3 saturated heterocycles. The molecule has 3 fully saturated rings. The third-order valence-corrected chi connectivity index (χ3v) is 7.71. The number of likely N-dealkylation sites (tertiary alicyclic amines) is 1. The van der Waals surface area contributed by atoms with E-state index >= 15 is 0 Å². The number of rotatable bonds is 1. The molecule has 0 saturated carbocycles. The van der Waals surface area contributed by atoms with Crippen LogP contribution in [-0.2, 0) is 0 Å². The number of hydrogen-bond acceptors (Lipinski definition) is 4. The summed E-state index contributed by atoms with van der Waals surface area (Å²) >= 11 is 0. The minimum atomic E-state index is 0.0153. The van der Waals surface area contributed by atoms with Crippen LogP contribution in [-0.4, -0.2) is 60.8 Å². The van der Waals surface area contributed by atoms with Crippen molar-refractivity contribution in [1.82, 2.24) is 9.80 Å². The Hall–Kier alpha value is -2.21. The number of carbonyl (C=O) groups excluding carboxylic acids is 1. The molecule has 3 unspecified atom stereocenters. The second-order valence-electron chi connectivity index (χ2n) is 9.49. The lowest BCUT2D eigenvalue weighted by atomic mass is 9.68. The average molecular weight is 410 g/mol. The number of piperidine rings is 3. The Labute approximate surface area is 178 Å². The van der Waals surface area contributed by atoms with Crippen LogP contribution < -0.4 is 14.8 Å². The molecule has 1 aliphatic carbocycles. The molecule has 1 aromatic carbocycles. The molecule has 0 radical (unpaired) electrons. The van der Waals surface area contributed by atoms with Gasteiger partial charge < -0.3 is 19.7 Å². The predicted molar refractivity (Wildman–Crippen MR) is 115 cm³/mol. The molecule has 6 heteroatoms. The van der Waals surface area contributed by atoms with Crippen LogP contribution >= 0.6 is 0 Å². The van der Waals surface area contributed by atoms with E-state index in [0.717, 1.165) is 43.4 Å². The van der Waals surface area contributed by atoms with Gasteiger partial charge in [-0.2, -0.15) is 0 Å². The minimum Gasteiger partial charge on any atom is -0.486 e. The molecule has 160 valence electrons. The lowest BCUT2D eigenvalue weighted by Crippen LogP contribution is -2.60. The van der Waals surface area contributed by atoms with Gasteiger partial charge >= 0.3 is 6.03 Å².